The smallest absolute Gasteiger partial charge is 0.232 e. The lowest BCUT2D eigenvalue weighted by atomic mass is 9.72. The molecule has 2 aromatic heterocycles. The Labute approximate surface area is 170 Å². The van der Waals surface area contributed by atoms with Gasteiger partial charge in [-0.1, -0.05) is 32.5 Å². The summed E-state index contributed by atoms with van der Waals surface area (Å²) < 4.78 is 0. The molecule has 146 valence electrons. The van der Waals surface area contributed by atoms with Crippen molar-refractivity contribution in [1.29, 1.82) is 0 Å². The number of carbonyl (C=O) groups is 1. The molecule has 1 amide bonds. The molecule has 1 aliphatic carbocycles. The van der Waals surface area contributed by atoms with Crippen LogP contribution in [0.2, 0.25) is 0 Å². The lowest BCUT2D eigenvalue weighted by molar-refractivity contribution is -0.129. The van der Waals surface area contributed by atoms with Crippen LogP contribution in [0.3, 0.4) is 0 Å². The Balaban J connectivity index is 1.54. The van der Waals surface area contributed by atoms with Crippen LogP contribution in [0.1, 0.15) is 56.9 Å². The maximum atomic E-state index is 12.6. The number of hydrogen-bond donors (Lipinski definition) is 0. The molecular weight excluding hydrogens is 374 g/mol. The van der Waals surface area contributed by atoms with Gasteiger partial charge in [-0.05, 0) is 55.4 Å². The van der Waals surface area contributed by atoms with Crippen LogP contribution in [0.4, 0.5) is 0 Å². The summed E-state index contributed by atoms with van der Waals surface area (Å²) in [5.41, 5.74) is 1.79. The van der Waals surface area contributed by atoms with E-state index in [-0.39, 0.29) is 5.91 Å². The Hall–Kier alpha value is -1.14. The molecule has 4 rings (SSSR count). The molecule has 2 aliphatic rings. The van der Waals surface area contributed by atoms with Gasteiger partial charge in [0.1, 0.15) is 16.2 Å². The van der Waals surface area contributed by atoms with E-state index in [9.17, 15) is 4.79 Å². The van der Waals surface area contributed by atoms with Crippen molar-refractivity contribution in [3.8, 4) is 0 Å². The molecule has 0 spiro atoms. The number of piperidine rings is 1. The minimum Gasteiger partial charge on any atom is -0.342 e. The van der Waals surface area contributed by atoms with Gasteiger partial charge in [-0.15, -0.1) is 11.3 Å². The summed E-state index contributed by atoms with van der Waals surface area (Å²) in [5.74, 6) is 1.47. The first-order chi connectivity index (χ1) is 12.9. The molecule has 3 heterocycles. The molecule has 4 nitrogen and oxygen atoms in total. The second-order valence-electron chi connectivity index (χ2n) is 8.90. The Morgan fingerprint density at radius 3 is 2.78 bits per heavy atom. The summed E-state index contributed by atoms with van der Waals surface area (Å²) >= 11 is 3.44. The quantitative estimate of drug-likeness (QED) is 0.537. The van der Waals surface area contributed by atoms with Gasteiger partial charge in [0.25, 0.3) is 0 Å². The van der Waals surface area contributed by atoms with E-state index in [1.807, 2.05) is 16.2 Å². The number of thiophene rings is 1. The Morgan fingerprint density at radius 2 is 2.04 bits per heavy atom. The number of fused-ring (bicyclic) bond motifs is 3. The van der Waals surface area contributed by atoms with Gasteiger partial charge < -0.3 is 4.90 Å². The molecule has 1 aliphatic heterocycles. The van der Waals surface area contributed by atoms with Crippen molar-refractivity contribution in [3.63, 3.8) is 0 Å². The molecule has 0 saturated carbocycles. The summed E-state index contributed by atoms with van der Waals surface area (Å²) in [6, 6.07) is 0. The Morgan fingerprint density at radius 1 is 1.26 bits per heavy atom. The highest BCUT2D eigenvalue weighted by Crippen LogP contribution is 2.44. The van der Waals surface area contributed by atoms with Crippen molar-refractivity contribution < 1.29 is 4.79 Å². The van der Waals surface area contributed by atoms with Crippen molar-refractivity contribution in [1.82, 2.24) is 14.9 Å². The number of amides is 1. The molecule has 0 radical (unpaired) electrons. The van der Waals surface area contributed by atoms with Crippen LogP contribution in [0, 0.1) is 11.3 Å². The summed E-state index contributed by atoms with van der Waals surface area (Å²) in [7, 11) is 0. The SMILES string of the molecule is CC(C)(C)C1CCc2c(sc3ncnc(SCC(=O)N4CCCCC4)c23)C1. The topological polar surface area (TPSA) is 46.1 Å². The van der Waals surface area contributed by atoms with E-state index in [0.29, 0.717) is 11.2 Å². The highest BCUT2D eigenvalue weighted by atomic mass is 32.2. The molecule has 0 aromatic carbocycles. The fourth-order valence-corrected chi connectivity index (χ4v) is 6.55. The molecule has 1 unspecified atom stereocenters. The Kier molecular flexibility index (Phi) is 5.48. The van der Waals surface area contributed by atoms with E-state index >= 15 is 0 Å². The largest absolute Gasteiger partial charge is 0.342 e. The highest BCUT2D eigenvalue weighted by molar-refractivity contribution is 8.00. The zero-order valence-corrected chi connectivity index (χ0v) is 18.2. The van der Waals surface area contributed by atoms with E-state index in [0.717, 1.165) is 54.5 Å². The van der Waals surface area contributed by atoms with E-state index in [2.05, 4.69) is 30.7 Å². The molecule has 2 aromatic rings. The molecule has 1 fully saturated rings. The number of aryl methyl sites for hydroxylation is 1. The number of hydrogen-bond acceptors (Lipinski definition) is 5. The van der Waals surface area contributed by atoms with Crippen molar-refractivity contribution >= 4 is 39.2 Å². The van der Waals surface area contributed by atoms with Crippen LogP contribution in [0.15, 0.2) is 11.4 Å². The first-order valence-electron chi connectivity index (χ1n) is 10.1. The van der Waals surface area contributed by atoms with Gasteiger partial charge >= 0.3 is 0 Å². The number of rotatable bonds is 3. The number of likely N-dealkylation sites (tertiary alicyclic amines) is 1. The van der Waals surface area contributed by atoms with Crippen molar-refractivity contribution in [3.05, 3.63) is 16.8 Å². The number of aromatic nitrogens is 2. The monoisotopic (exact) mass is 403 g/mol. The molecule has 0 N–H and O–H groups in total. The fraction of sp³-hybridized carbons (Fsp3) is 0.667. The lowest BCUT2D eigenvalue weighted by Gasteiger charge is -2.33. The average Bonchev–Trinajstić information content (AvgIpc) is 3.04. The molecule has 1 saturated heterocycles. The third-order valence-corrected chi connectivity index (χ3v) is 8.21. The van der Waals surface area contributed by atoms with Crippen LogP contribution in [0.5, 0.6) is 0 Å². The summed E-state index contributed by atoms with van der Waals surface area (Å²) in [6.07, 6.45) is 8.69. The summed E-state index contributed by atoms with van der Waals surface area (Å²) in [5, 5.41) is 2.22. The van der Waals surface area contributed by atoms with Gasteiger partial charge in [-0.2, -0.15) is 0 Å². The zero-order valence-electron chi connectivity index (χ0n) is 16.6. The van der Waals surface area contributed by atoms with Gasteiger partial charge in [0.2, 0.25) is 5.91 Å². The van der Waals surface area contributed by atoms with E-state index < -0.39 is 0 Å². The summed E-state index contributed by atoms with van der Waals surface area (Å²) in [4.78, 5) is 26.3. The second kappa shape index (κ2) is 7.70. The minimum atomic E-state index is 0.253. The van der Waals surface area contributed by atoms with Gasteiger partial charge in [-0.3, -0.25) is 4.79 Å². The number of thioether (sulfide) groups is 1. The van der Waals surface area contributed by atoms with Gasteiger partial charge in [0.05, 0.1) is 5.75 Å². The van der Waals surface area contributed by atoms with Crippen molar-refractivity contribution in [2.75, 3.05) is 18.8 Å². The van der Waals surface area contributed by atoms with Crippen molar-refractivity contribution in [2.24, 2.45) is 11.3 Å². The van der Waals surface area contributed by atoms with Gasteiger partial charge in [0.15, 0.2) is 0 Å². The van der Waals surface area contributed by atoms with Crippen LogP contribution in [-0.2, 0) is 17.6 Å². The van der Waals surface area contributed by atoms with Crippen molar-refractivity contribution in [2.45, 2.75) is 64.3 Å². The number of carbonyl (C=O) groups excluding carboxylic acids is 1. The van der Waals surface area contributed by atoms with Crippen LogP contribution in [0.25, 0.3) is 10.2 Å². The van der Waals surface area contributed by atoms with Crippen LogP contribution < -0.4 is 0 Å². The molecule has 6 heteroatoms. The minimum absolute atomic E-state index is 0.253. The third-order valence-electron chi connectivity index (χ3n) is 6.08. The molecule has 1 atom stereocenters. The van der Waals surface area contributed by atoms with Crippen LogP contribution in [-0.4, -0.2) is 39.6 Å². The lowest BCUT2D eigenvalue weighted by Crippen LogP contribution is -2.36. The standard InChI is InChI=1S/C21H29N3OS2/c1-21(2,3)14-7-8-15-16(11-14)27-20-18(15)19(22-13-23-20)26-12-17(25)24-9-5-4-6-10-24/h13-14H,4-12H2,1-3H3. The highest BCUT2D eigenvalue weighted by Gasteiger charge is 2.31. The molecular formula is C21H29N3OS2. The molecule has 27 heavy (non-hydrogen) atoms. The third kappa shape index (κ3) is 4.02. The first-order valence-corrected chi connectivity index (χ1v) is 11.9. The second-order valence-corrected chi connectivity index (χ2v) is 10.9. The summed E-state index contributed by atoms with van der Waals surface area (Å²) in [6.45, 7) is 8.89. The normalized spacial score (nSPS) is 20.7. The fourth-order valence-electron chi connectivity index (χ4n) is 4.29. The number of nitrogens with zero attached hydrogens (tertiary/aromatic N) is 3. The molecule has 0 bridgehead atoms. The average molecular weight is 404 g/mol. The van der Waals surface area contributed by atoms with E-state index in [4.69, 9.17) is 0 Å². The maximum absolute atomic E-state index is 12.6. The predicted molar refractivity (Wildman–Crippen MR) is 114 cm³/mol. The van der Waals surface area contributed by atoms with Gasteiger partial charge in [0, 0.05) is 23.4 Å². The predicted octanol–water partition coefficient (Wildman–Crippen LogP) is 4.95. The zero-order chi connectivity index (χ0) is 19.0. The first kappa shape index (κ1) is 19.2. The van der Waals surface area contributed by atoms with E-state index in [1.54, 1.807) is 18.1 Å². The van der Waals surface area contributed by atoms with E-state index in [1.165, 1.54) is 28.7 Å². The van der Waals surface area contributed by atoms with Crippen LogP contribution >= 0.6 is 23.1 Å². The Bertz CT molecular complexity index is 834. The van der Waals surface area contributed by atoms with Gasteiger partial charge in [-0.25, -0.2) is 9.97 Å². The maximum Gasteiger partial charge on any atom is 0.232 e.